The fourth-order valence-electron chi connectivity index (χ4n) is 3.11. The van der Waals surface area contributed by atoms with Crippen molar-refractivity contribution in [2.45, 2.75) is 19.4 Å². The van der Waals surface area contributed by atoms with Crippen LogP contribution >= 0.6 is 12.2 Å². The Hall–Kier alpha value is -1.70. The van der Waals surface area contributed by atoms with Crippen LogP contribution in [0.25, 0.3) is 0 Å². The third-order valence-corrected chi connectivity index (χ3v) is 4.88. The molecule has 25 heavy (non-hydrogen) atoms. The second-order valence-electron chi connectivity index (χ2n) is 6.38. The highest BCUT2D eigenvalue weighted by Crippen LogP contribution is 2.21. The number of benzene rings is 1. The largest absolute Gasteiger partial charge is 0.379 e. The molecule has 7 heteroatoms. The van der Waals surface area contributed by atoms with E-state index in [4.69, 9.17) is 17.0 Å². The fourth-order valence-corrected chi connectivity index (χ4v) is 3.29. The monoisotopic (exact) mass is 362 g/mol. The summed E-state index contributed by atoms with van der Waals surface area (Å²) in [7, 11) is 0. The summed E-state index contributed by atoms with van der Waals surface area (Å²) in [4.78, 5) is 16.0. The Morgan fingerprint density at radius 3 is 2.56 bits per heavy atom. The summed E-state index contributed by atoms with van der Waals surface area (Å²) in [6.45, 7) is 6.95. The maximum Gasteiger partial charge on any atom is 0.227 e. The number of hydrogen-bond acceptors (Lipinski definition) is 4. The molecule has 2 aliphatic heterocycles. The van der Waals surface area contributed by atoms with E-state index >= 15 is 0 Å². The molecule has 1 aromatic carbocycles. The minimum atomic E-state index is 0.219. The van der Waals surface area contributed by atoms with Crippen molar-refractivity contribution >= 4 is 28.9 Å². The van der Waals surface area contributed by atoms with Gasteiger partial charge in [0, 0.05) is 51.4 Å². The zero-order valence-corrected chi connectivity index (χ0v) is 15.3. The normalized spacial score (nSPS) is 18.4. The molecular formula is C18H26N4O2S. The number of carbonyl (C=O) groups excluding carboxylic acids is 1. The van der Waals surface area contributed by atoms with Crippen LogP contribution in [0, 0.1) is 0 Å². The van der Waals surface area contributed by atoms with Gasteiger partial charge in [0.25, 0.3) is 0 Å². The van der Waals surface area contributed by atoms with E-state index in [1.54, 1.807) is 0 Å². The van der Waals surface area contributed by atoms with Crippen LogP contribution in [0.2, 0.25) is 0 Å². The molecule has 0 atom stereocenters. The predicted molar refractivity (Wildman–Crippen MR) is 103 cm³/mol. The van der Waals surface area contributed by atoms with Crippen molar-refractivity contribution in [3.05, 3.63) is 29.8 Å². The van der Waals surface area contributed by atoms with Crippen LogP contribution in [0.5, 0.6) is 0 Å². The number of nitrogens with one attached hydrogen (secondary N) is 2. The number of morpholine rings is 1. The van der Waals surface area contributed by atoms with E-state index in [1.165, 1.54) is 0 Å². The lowest BCUT2D eigenvalue weighted by atomic mass is 10.2. The summed E-state index contributed by atoms with van der Waals surface area (Å²) < 4.78 is 5.34. The molecular weight excluding hydrogens is 336 g/mol. The molecule has 2 fully saturated rings. The van der Waals surface area contributed by atoms with E-state index in [2.05, 4.69) is 15.5 Å². The summed E-state index contributed by atoms with van der Waals surface area (Å²) in [5.41, 5.74) is 2.13. The summed E-state index contributed by atoms with van der Waals surface area (Å²) in [5.74, 6) is 0.219. The Balaban J connectivity index is 1.36. The highest BCUT2D eigenvalue weighted by atomic mass is 32.1. The van der Waals surface area contributed by atoms with Gasteiger partial charge < -0.3 is 20.3 Å². The quantitative estimate of drug-likeness (QED) is 0.740. The van der Waals surface area contributed by atoms with Gasteiger partial charge in [0.1, 0.15) is 0 Å². The molecule has 0 radical (unpaired) electrons. The molecule has 2 heterocycles. The van der Waals surface area contributed by atoms with Crippen molar-refractivity contribution in [3.8, 4) is 0 Å². The number of carbonyl (C=O) groups is 1. The molecule has 2 saturated heterocycles. The van der Waals surface area contributed by atoms with Crippen LogP contribution in [0.4, 0.5) is 5.69 Å². The molecule has 0 saturated carbocycles. The van der Waals surface area contributed by atoms with E-state index in [0.29, 0.717) is 18.1 Å². The Morgan fingerprint density at radius 1 is 1.12 bits per heavy atom. The first-order valence-electron chi connectivity index (χ1n) is 8.93. The first-order valence-corrected chi connectivity index (χ1v) is 9.34. The van der Waals surface area contributed by atoms with Gasteiger partial charge in [-0.05, 0) is 36.3 Å². The Morgan fingerprint density at radius 2 is 1.88 bits per heavy atom. The van der Waals surface area contributed by atoms with Crippen LogP contribution in [0.3, 0.4) is 0 Å². The number of hydrogen-bond donors (Lipinski definition) is 2. The van der Waals surface area contributed by atoms with Gasteiger partial charge in [-0.25, -0.2) is 0 Å². The molecule has 2 N–H and O–H groups in total. The first-order chi connectivity index (χ1) is 12.2. The van der Waals surface area contributed by atoms with E-state index < -0.39 is 0 Å². The summed E-state index contributed by atoms with van der Waals surface area (Å²) >= 11 is 5.33. The lowest BCUT2D eigenvalue weighted by molar-refractivity contribution is -0.117. The number of rotatable bonds is 6. The van der Waals surface area contributed by atoms with Crippen molar-refractivity contribution in [1.82, 2.24) is 15.5 Å². The number of nitrogens with zero attached hydrogens (tertiary/aromatic N) is 2. The number of ether oxygens (including phenoxy) is 1. The van der Waals surface area contributed by atoms with Gasteiger partial charge in [0.2, 0.25) is 5.91 Å². The average Bonchev–Trinajstić information content (AvgIpc) is 3.07. The summed E-state index contributed by atoms with van der Waals surface area (Å²) in [5, 5.41) is 7.15. The van der Waals surface area contributed by atoms with Crippen molar-refractivity contribution in [2.24, 2.45) is 0 Å². The van der Waals surface area contributed by atoms with Crippen LogP contribution in [0.1, 0.15) is 18.4 Å². The summed E-state index contributed by atoms with van der Waals surface area (Å²) in [6, 6.07) is 8.11. The van der Waals surface area contributed by atoms with Gasteiger partial charge in [-0.15, -0.1) is 0 Å². The highest BCUT2D eigenvalue weighted by molar-refractivity contribution is 7.80. The van der Waals surface area contributed by atoms with Gasteiger partial charge in [0.15, 0.2) is 5.11 Å². The van der Waals surface area contributed by atoms with Crippen molar-refractivity contribution < 1.29 is 9.53 Å². The van der Waals surface area contributed by atoms with Crippen LogP contribution in [-0.4, -0.2) is 61.9 Å². The Bertz CT molecular complexity index is 587. The number of anilines is 1. The van der Waals surface area contributed by atoms with Gasteiger partial charge in [-0.3, -0.25) is 9.69 Å². The topological polar surface area (TPSA) is 56.8 Å². The van der Waals surface area contributed by atoms with E-state index in [1.807, 2.05) is 29.2 Å². The van der Waals surface area contributed by atoms with Gasteiger partial charge >= 0.3 is 0 Å². The fraction of sp³-hybridized carbons (Fsp3) is 0.556. The molecule has 0 unspecified atom stereocenters. The molecule has 3 rings (SSSR count). The second-order valence-corrected chi connectivity index (χ2v) is 6.79. The maximum absolute atomic E-state index is 11.8. The SMILES string of the molecule is O=C1CCCN1c1ccc(CNC(=S)NCCN2CCOCC2)cc1. The molecule has 0 spiro atoms. The van der Waals surface area contributed by atoms with Gasteiger partial charge in [-0.1, -0.05) is 12.1 Å². The zero-order chi connectivity index (χ0) is 17.5. The molecule has 0 aliphatic carbocycles. The standard InChI is InChI=1S/C18H26N4O2S/c23-17-2-1-8-22(17)16-5-3-15(4-6-16)14-20-18(25)19-7-9-21-10-12-24-13-11-21/h3-6H,1-2,7-14H2,(H2,19,20,25). The molecule has 0 bridgehead atoms. The van der Waals surface area contributed by atoms with E-state index in [0.717, 1.165) is 63.6 Å². The zero-order valence-electron chi connectivity index (χ0n) is 14.5. The second kappa shape index (κ2) is 9.12. The molecule has 0 aromatic heterocycles. The lowest BCUT2D eigenvalue weighted by Gasteiger charge is -2.26. The van der Waals surface area contributed by atoms with Crippen molar-refractivity contribution in [1.29, 1.82) is 0 Å². The van der Waals surface area contributed by atoms with E-state index in [-0.39, 0.29) is 5.91 Å². The number of amides is 1. The first kappa shape index (κ1) is 18.1. The Labute approximate surface area is 154 Å². The maximum atomic E-state index is 11.8. The van der Waals surface area contributed by atoms with Gasteiger partial charge in [-0.2, -0.15) is 0 Å². The molecule has 2 aliphatic rings. The lowest BCUT2D eigenvalue weighted by Crippen LogP contribution is -2.43. The molecule has 6 nitrogen and oxygen atoms in total. The minimum absolute atomic E-state index is 0.219. The smallest absolute Gasteiger partial charge is 0.227 e. The third kappa shape index (κ3) is 5.39. The van der Waals surface area contributed by atoms with Crippen molar-refractivity contribution in [2.75, 3.05) is 50.8 Å². The van der Waals surface area contributed by atoms with Gasteiger partial charge in [0.05, 0.1) is 13.2 Å². The Kier molecular flexibility index (Phi) is 6.61. The van der Waals surface area contributed by atoms with E-state index in [9.17, 15) is 4.79 Å². The van der Waals surface area contributed by atoms with Crippen LogP contribution in [0.15, 0.2) is 24.3 Å². The molecule has 1 aromatic rings. The van der Waals surface area contributed by atoms with Crippen molar-refractivity contribution in [3.63, 3.8) is 0 Å². The molecule has 1 amide bonds. The minimum Gasteiger partial charge on any atom is -0.379 e. The predicted octanol–water partition coefficient (Wildman–Crippen LogP) is 1.11. The van der Waals surface area contributed by atoms with Crippen LogP contribution in [-0.2, 0) is 16.1 Å². The summed E-state index contributed by atoms with van der Waals surface area (Å²) in [6.07, 6.45) is 1.61. The van der Waals surface area contributed by atoms with Crippen LogP contribution < -0.4 is 15.5 Å². The third-order valence-electron chi connectivity index (χ3n) is 4.59. The average molecular weight is 362 g/mol. The number of thiocarbonyl (C=S) groups is 1. The molecule has 136 valence electrons. The highest BCUT2D eigenvalue weighted by Gasteiger charge is 2.21.